The summed E-state index contributed by atoms with van der Waals surface area (Å²) in [6, 6.07) is 31.2. The molecule has 0 saturated heterocycles. The highest BCUT2D eigenvalue weighted by atomic mass is 16.1. The van der Waals surface area contributed by atoms with Crippen LogP contribution in [0.4, 0.5) is 11.6 Å². The van der Waals surface area contributed by atoms with E-state index in [1.54, 1.807) is 16.6 Å². The molecule has 0 atom stereocenters. The standard InChI is InChI=1S/C26H21N5O/c32-25(21-8-3-1-4-9-21)27-18-19-13-15-20(16-14-19)23-12-7-17-31-24(23)29-26(30-31)28-22-10-5-2-6-11-22/h1-17H,18H2,(H,27,32)(H,28,30). The molecule has 0 bridgehead atoms. The number of nitrogens with one attached hydrogen (secondary N) is 2. The third kappa shape index (κ3) is 4.20. The van der Waals surface area contributed by atoms with E-state index in [-0.39, 0.29) is 5.91 Å². The van der Waals surface area contributed by atoms with Gasteiger partial charge in [-0.1, -0.05) is 60.7 Å². The molecule has 0 aliphatic rings. The van der Waals surface area contributed by atoms with Gasteiger partial charge in [0.25, 0.3) is 5.91 Å². The third-order valence-corrected chi connectivity index (χ3v) is 5.15. The highest BCUT2D eigenvalue weighted by Gasteiger charge is 2.10. The molecule has 2 heterocycles. The smallest absolute Gasteiger partial charge is 0.251 e. The van der Waals surface area contributed by atoms with Crippen LogP contribution in [0, 0.1) is 0 Å². The van der Waals surface area contributed by atoms with Crippen LogP contribution in [0.2, 0.25) is 0 Å². The van der Waals surface area contributed by atoms with Gasteiger partial charge in [-0.25, -0.2) is 4.52 Å². The van der Waals surface area contributed by atoms with Crippen molar-refractivity contribution in [3.8, 4) is 11.1 Å². The molecule has 3 aromatic carbocycles. The largest absolute Gasteiger partial charge is 0.348 e. The second-order valence-corrected chi connectivity index (χ2v) is 7.36. The van der Waals surface area contributed by atoms with Crippen LogP contribution in [0.1, 0.15) is 15.9 Å². The highest BCUT2D eigenvalue weighted by molar-refractivity contribution is 5.94. The van der Waals surface area contributed by atoms with E-state index in [4.69, 9.17) is 0 Å². The lowest BCUT2D eigenvalue weighted by Crippen LogP contribution is -2.22. The van der Waals surface area contributed by atoms with Crippen molar-refractivity contribution in [3.05, 3.63) is 114 Å². The second-order valence-electron chi connectivity index (χ2n) is 7.36. The first-order valence-electron chi connectivity index (χ1n) is 10.4. The number of aromatic nitrogens is 3. The maximum atomic E-state index is 12.3. The number of anilines is 2. The quantitative estimate of drug-likeness (QED) is 0.403. The van der Waals surface area contributed by atoms with E-state index in [9.17, 15) is 4.79 Å². The van der Waals surface area contributed by atoms with Crippen molar-refractivity contribution in [2.24, 2.45) is 0 Å². The van der Waals surface area contributed by atoms with E-state index in [2.05, 4.69) is 20.7 Å². The number of pyridine rings is 1. The second kappa shape index (κ2) is 8.73. The Hall–Kier alpha value is -4.45. The normalized spacial score (nSPS) is 10.8. The molecular weight excluding hydrogens is 398 g/mol. The number of carbonyl (C=O) groups is 1. The number of nitrogens with zero attached hydrogens (tertiary/aromatic N) is 3. The summed E-state index contributed by atoms with van der Waals surface area (Å²) in [5.41, 5.74) is 5.41. The predicted octanol–water partition coefficient (Wildman–Crippen LogP) is 5.07. The average Bonchev–Trinajstić information content (AvgIpc) is 3.26. The third-order valence-electron chi connectivity index (χ3n) is 5.15. The van der Waals surface area contributed by atoms with Gasteiger partial charge in [-0.2, -0.15) is 4.98 Å². The molecule has 0 fully saturated rings. The molecule has 5 rings (SSSR count). The highest BCUT2D eigenvalue weighted by Crippen LogP contribution is 2.25. The lowest BCUT2D eigenvalue weighted by molar-refractivity contribution is 0.0951. The summed E-state index contributed by atoms with van der Waals surface area (Å²) in [7, 11) is 0. The zero-order chi connectivity index (χ0) is 21.8. The number of rotatable bonds is 6. The zero-order valence-corrected chi connectivity index (χ0v) is 17.3. The fourth-order valence-electron chi connectivity index (χ4n) is 3.51. The molecule has 2 aromatic heterocycles. The van der Waals surface area contributed by atoms with Crippen molar-refractivity contribution in [1.82, 2.24) is 19.9 Å². The van der Waals surface area contributed by atoms with Crippen molar-refractivity contribution >= 4 is 23.2 Å². The molecule has 0 radical (unpaired) electrons. The summed E-state index contributed by atoms with van der Waals surface area (Å²) in [4.78, 5) is 16.9. The Labute approximate surface area is 185 Å². The number of hydrogen-bond acceptors (Lipinski definition) is 4. The van der Waals surface area contributed by atoms with Crippen LogP contribution in [0.15, 0.2) is 103 Å². The van der Waals surface area contributed by atoms with Gasteiger partial charge < -0.3 is 10.6 Å². The minimum atomic E-state index is -0.0821. The van der Waals surface area contributed by atoms with E-state index < -0.39 is 0 Å². The molecule has 32 heavy (non-hydrogen) atoms. The van der Waals surface area contributed by atoms with E-state index >= 15 is 0 Å². The number of benzene rings is 3. The van der Waals surface area contributed by atoms with Crippen LogP contribution in [0.25, 0.3) is 16.8 Å². The Kier molecular flexibility index (Phi) is 5.32. The number of para-hydroxylation sites is 1. The lowest BCUT2D eigenvalue weighted by Gasteiger charge is -2.07. The average molecular weight is 419 g/mol. The molecule has 0 saturated carbocycles. The van der Waals surface area contributed by atoms with Crippen molar-refractivity contribution < 1.29 is 4.79 Å². The summed E-state index contributed by atoms with van der Waals surface area (Å²) >= 11 is 0. The number of fused-ring (bicyclic) bond motifs is 1. The molecule has 0 aliphatic carbocycles. The van der Waals surface area contributed by atoms with Crippen LogP contribution in [-0.4, -0.2) is 20.5 Å². The van der Waals surface area contributed by atoms with Crippen LogP contribution in [0.3, 0.4) is 0 Å². The Bertz CT molecular complexity index is 1350. The summed E-state index contributed by atoms with van der Waals surface area (Å²) in [6.45, 7) is 0.467. The molecular formula is C26H21N5O. The van der Waals surface area contributed by atoms with E-state index in [0.29, 0.717) is 18.1 Å². The first-order valence-corrected chi connectivity index (χ1v) is 10.4. The number of hydrogen-bond donors (Lipinski definition) is 2. The molecule has 0 spiro atoms. The van der Waals surface area contributed by atoms with Crippen molar-refractivity contribution in [3.63, 3.8) is 0 Å². The molecule has 1 amide bonds. The lowest BCUT2D eigenvalue weighted by atomic mass is 10.0. The van der Waals surface area contributed by atoms with Crippen LogP contribution in [0.5, 0.6) is 0 Å². The minimum absolute atomic E-state index is 0.0821. The Morgan fingerprint density at radius 3 is 2.28 bits per heavy atom. The summed E-state index contributed by atoms with van der Waals surface area (Å²) in [6.07, 6.45) is 1.88. The molecule has 156 valence electrons. The van der Waals surface area contributed by atoms with Crippen LogP contribution >= 0.6 is 0 Å². The van der Waals surface area contributed by atoms with Gasteiger partial charge in [0.05, 0.1) is 0 Å². The fraction of sp³-hybridized carbons (Fsp3) is 0.0385. The van der Waals surface area contributed by atoms with Gasteiger partial charge in [-0.15, -0.1) is 5.10 Å². The van der Waals surface area contributed by atoms with Crippen molar-refractivity contribution in [2.75, 3.05) is 5.32 Å². The van der Waals surface area contributed by atoms with Gasteiger partial charge in [0.2, 0.25) is 5.95 Å². The summed E-state index contributed by atoms with van der Waals surface area (Å²) in [5, 5.41) is 10.7. The monoisotopic (exact) mass is 419 g/mol. The van der Waals surface area contributed by atoms with E-state index in [1.165, 1.54) is 0 Å². The molecule has 6 heteroatoms. The maximum absolute atomic E-state index is 12.3. The van der Waals surface area contributed by atoms with Gasteiger partial charge in [0.1, 0.15) is 0 Å². The predicted molar refractivity (Wildman–Crippen MR) is 126 cm³/mol. The molecule has 0 unspecified atom stereocenters. The molecule has 0 aliphatic heterocycles. The number of amides is 1. The first kappa shape index (κ1) is 19.5. The Balaban J connectivity index is 1.33. The number of carbonyl (C=O) groups excluding carboxylic acids is 1. The maximum Gasteiger partial charge on any atom is 0.251 e. The topological polar surface area (TPSA) is 71.3 Å². The van der Waals surface area contributed by atoms with E-state index in [1.807, 2.05) is 91.1 Å². The zero-order valence-electron chi connectivity index (χ0n) is 17.3. The van der Waals surface area contributed by atoms with Crippen LogP contribution in [-0.2, 0) is 6.54 Å². The van der Waals surface area contributed by atoms with Crippen molar-refractivity contribution in [2.45, 2.75) is 6.54 Å². The van der Waals surface area contributed by atoms with Crippen molar-refractivity contribution in [1.29, 1.82) is 0 Å². The molecule has 5 aromatic rings. The first-order chi connectivity index (χ1) is 15.8. The summed E-state index contributed by atoms with van der Waals surface area (Å²) < 4.78 is 1.77. The van der Waals surface area contributed by atoms with Gasteiger partial charge in [-0.3, -0.25) is 4.79 Å². The SMILES string of the molecule is O=C(NCc1ccc(-c2cccn3nc(Nc4ccccc4)nc23)cc1)c1ccccc1. The molecule has 6 nitrogen and oxygen atoms in total. The van der Waals surface area contributed by atoms with E-state index in [0.717, 1.165) is 28.0 Å². The van der Waals surface area contributed by atoms with Gasteiger partial charge in [0.15, 0.2) is 5.65 Å². The fourth-order valence-corrected chi connectivity index (χ4v) is 3.51. The van der Waals surface area contributed by atoms with Gasteiger partial charge in [0, 0.05) is 29.6 Å². The van der Waals surface area contributed by atoms with Gasteiger partial charge >= 0.3 is 0 Å². The summed E-state index contributed by atoms with van der Waals surface area (Å²) in [5.74, 6) is 0.463. The minimum Gasteiger partial charge on any atom is -0.348 e. The Morgan fingerprint density at radius 2 is 1.53 bits per heavy atom. The van der Waals surface area contributed by atoms with Gasteiger partial charge in [-0.05, 0) is 47.5 Å². The van der Waals surface area contributed by atoms with Crippen LogP contribution < -0.4 is 10.6 Å². The Morgan fingerprint density at radius 1 is 0.812 bits per heavy atom. The molecule has 2 N–H and O–H groups in total.